The molecule has 7 nitrogen and oxygen atoms in total. The number of carbonyl (C=O) groups excluding carboxylic acids is 1. The van der Waals surface area contributed by atoms with Crippen molar-refractivity contribution in [1.82, 2.24) is 25.0 Å². The Balaban J connectivity index is 1.31. The van der Waals surface area contributed by atoms with Crippen LogP contribution < -0.4 is 5.32 Å². The molecule has 10 heteroatoms. The van der Waals surface area contributed by atoms with Gasteiger partial charge in [-0.05, 0) is 29.8 Å². The highest BCUT2D eigenvalue weighted by Crippen LogP contribution is 2.27. The van der Waals surface area contributed by atoms with Crippen LogP contribution in [0.15, 0.2) is 90.1 Å². The van der Waals surface area contributed by atoms with E-state index >= 15 is 0 Å². The molecule has 1 N–H and O–H groups in total. The maximum Gasteiger partial charge on any atom is 0.236 e. The fourth-order valence-electron chi connectivity index (χ4n) is 3.39. The molecule has 0 aliphatic carbocycles. The molecule has 3 aromatic carbocycles. The summed E-state index contributed by atoms with van der Waals surface area (Å²) in [6.07, 6.45) is 0.607. The number of carbonyl (C=O) groups is 1. The van der Waals surface area contributed by atoms with Crippen molar-refractivity contribution in [3.63, 3.8) is 0 Å². The Morgan fingerprint density at radius 2 is 1.60 bits per heavy atom. The first-order chi connectivity index (χ1) is 17.2. The van der Waals surface area contributed by atoms with Gasteiger partial charge in [0.15, 0.2) is 5.16 Å². The molecule has 5 rings (SSSR count). The third-order valence-corrected chi connectivity index (χ3v) is 7.08. The van der Waals surface area contributed by atoms with E-state index in [-0.39, 0.29) is 11.7 Å². The minimum atomic E-state index is -0.193. The molecule has 0 aliphatic rings. The zero-order valence-electron chi connectivity index (χ0n) is 18.3. The number of halogens is 1. The fraction of sp³-hybridized carbons (Fsp3) is 0.0800. The number of benzene rings is 3. The molecule has 0 bridgehead atoms. The molecule has 0 saturated carbocycles. The quantitative estimate of drug-likeness (QED) is 0.263. The van der Waals surface area contributed by atoms with Gasteiger partial charge in [-0.2, -0.15) is 0 Å². The number of hydrogen-bond acceptors (Lipinski definition) is 7. The predicted molar refractivity (Wildman–Crippen MR) is 140 cm³/mol. The first-order valence-corrected chi connectivity index (χ1v) is 12.9. The van der Waals surface area contributed by atoms with Crippen molar-refractivity contribution in [2.24, 2.45) is 0 Å². The van der Waals surface area contributed by atoms with Crippen LogP contribution in [0.5, 0.6) is 0 Å². The molecule has 1 amide bonds. The molecule has 2 heterocycles. The lowest BCUT2D eigenvalue weighted by Gasteiger charge is -2.10. The molecule has 0 saturated heterocycles. The van der Waals surface area contributed by atoms with Gasteiger partial charge in [0.05, 0.1) is 5.75 Å². The van der Waals surface area contributed by atoms with Gasteiger partial charge in [-0.3, -0.25) is 14.7 Å². The van der Waals surface area contributed by atoms with Gasteiger partial charge in [-0.1, -0.05) is 95.4 Å². The Morgan fingerprint density at radius 1 is 0.886 bits per heavy atom. The highest BCUT2D eigenvalue weighted by molar-refractivity contribution is 7.99. The molecule has 5 aromatic rings. The van der Waals surface area contributed by atoms with Gasteiger partial charge in [0.25, 0.3) is 0 Å². The normalized spacial score (nSPS) is 10.9. The molecule has 0 unspecified atom stereocenters. The second-order valence-corrected chi connectivity index (χ2v) is 9.84. The van der Waals surface area contributed by atoms with Crippen molar-refractivity contribution < 1.29 is 4.79 Å². The molecule has 0 fully saturated rings. The van der Waals surface area contributed by atoms with Gasteiger partial charge in [-0.15, -0.1) is 20.4 Å². The van der Waals surface area contributed by atoms with E-state index in [0.717, 1.165) is 27.6 Å². The first kappa shape index (κ1) is 23.2. The maximum atomic E-state index is 12.7. The van der Waals surface area contributed by atoms with Crippen molar-refractivity contribution in [3.8, 4) is 16.3 Å². The standard InChI is InChI=1S/C25H19ClN6OS2/c26-19-11-13-20(14-12-19)32-21(15-17-7-3-1-4-8-17)28-31-25(32)34-16-22(33)27-24-30-29-23(35-24)18-9-5-2-6-10-18/h1-14H,15-16H2,(H,27,30,33). The summed E-state index contributed by atoms with van der Waals surface area (Å²) >= 11 is 8.74. The van der Waals surface area contributed by atoms with Crippen LogP contribution in [0.4, 0.5) is 5.13 Å². The fourth-order valence-corrected chi connectivity index (χ4v) is 5.05. The zero-order chi connectivity index (χ0) is 24.0. The van der Waals surface area contributed by atoms with Crippen molar-refractivity contribution >= 4 is 45.7 Å². The Hall–Kier alpha value is -3.53. The van der Waals surface area contributed by atoms with E-state index in [4.69, 9.17) is 11.6 Å². The van der Waals surface area contributed by atoms with Gasteiger partial charge in [0.1, 0.15) is 10.8 Å². The molecule has 0 radical (unpaired) electrons. The molecular weight excluding hydrogens is 500 g/mol. The van der Waals surface area contributed by atoms with Crippen LogP contribution >= 0.6 is 34.7 Å². The lowest BCUT2D eigenvalue weighted by atomic mass is 10.1. The van der Waals surface area contributed by atoms with Crippen LogP contribution in [0.3, 0.4) is 0 Å². The van der Waals surface area contributed by atoms with E-state index in [9.17, 15) is 4.79 Å². The van der Waals surface area contributed by atoms with Gasteiger partial charge >= 0.3 is 0 Å². The van der Waals surface area contributed by atoms with Crippen LogP contribution in [-0.4, -0.2) is 36.6 Å². The lowest BCUT2D eigenvalue weighted by molar-refractivity contribution is -0.113. The number of nitrogens with zero attached hydrogens (tertiary/aromatic N) is 5. The third kappa shape index (κ3) is 5.76. The summed E-state index contributed by atoms with van der Waals surface area (Å²) in [5.74, 6) is 0.733. The molecule has 0 aliphatic heterocycles. The summed E-state index contributed by atoms with van der Waals surface area (Å²) in [6.45, 7) is 0. The summed E-state index contributed by atoms with van der Waals surface area (Å²) in [5, 5.41) is 22.4. The molecule has 35 heavy (non-hydrogen) atoms. The Labute approximate surface area is 215 Å². The molecule has 0 spiro atoms. The smallest absolute Gasteiger partial charge is 0.236 e. The number of hydrogen-bond donors (Lipinski definition) is 1. The van der Waals surface area contributed by atoms with Gasteiger partial charge < -0.3 is 0 Å². The average Bonchev–Trinajstić information content (AvgIpc) is 3.52. The van der Waals surface area contributed by atoms with E-state index in [2.05, 4.69) is 25.7 Å². The van der Waals surface area contributed by atoms with Crippen LogP contribution in [0.25, 0.3) is 16.3 Å². The Kier molecular flexibility index (Phi) is 7.17. The van der Waals surface area contributed by atoms with E-state index < -0.39 is 0 Å². The average molecular weight is 519 g/mol. The summed E-state index contributed by atoms with van der Waals surface area (Å²) in [7, 11) is 0. The number of rotatable bonds is 8. The van der Waals surface area contributed by atoms with Gasteiger partial charge in [-0.25, -0.2) is 0 Å². The predicted octanol–water partition coefficient (Wildman–Crippen LogP) is 5.76. The van der Waals surface area contributed by atoms with Crippen LogP contribution in [-0.2, 0) is 11.2 Å². The van der Waals surface area contributed by atoms with Crippen LogP contribution in [0.2, 0.25) is 5.02 Å². The third-order valence-electron chi connectivity index (χ3n) is 5.01. The van der Waals surface area contributed by atoms with Crippen molar-refractivity contribution in [2.75, 3.05) is 11.1 Å². The second-order valence-electron chi connectivity index (χ2n) is 7.49. The Morgan fingerprint density at radius 3 is 2.34 bits per heavy atom. The highest BCUT2D eigenvalue weighted by Gasteiger charge is 2.17. The van der Waals surface area contributed by atoms with E-state index in [1.807, 2.05) is 89.5 Å². The first-order valence-electron chi connectivity index (χ1n) is 10.7. The number of aromatic nitrogens is 5. The maximum absolute atomic E-state index is 12.7. The molecule has 2 aromatic heterocycles. The topological polar surface area (TPSA) is 85.6 Å². The lowest BCUT2D eigenvalue weighted by Crippen LogP contribution is -2.14. The van der Waals surface area contributed by atoms with Crippen LogP contribution in [0, 0.1) is 0 Å². The minimum absolute atomic E-state index is 0.150. The van der Waals surface area contributed by atoms with E-state index in [1.165, 1.54) is 23.1 Å². The van der Waals surface area contributed by atoms with Crippen molar-refractivity contribution in [3.05, 3.63) is 101 Å². The van der Waals surface area contributed by atoms with E-state index in [1.54, 1.807) is 0 Å². The summed E-state index contributed by atoms with van der Waals surface area (Å²) in [4.78, 5) is 12.7. The molecular formula is C25H19ClN6OS2. The summed E-state index contributed by atoms with van der Waals surface area (Å²) < 4.78 is 1.96. The van der Waals surface area contributed by atoms with Crippen molar-refractivity contribution in [1.29, 1.82) is 0 Å². The van der Waals surface area contributed by atoms with Gasteiger partial charge in [0, 0.05) is 22.7 Å². The largest absolute Gasteiger partial charge is 0.300 e. The number of thioether (sulfide) groups is 1. The van der Waals surface area contributed by atoms with Gasteiger partial charge in [0.2, 0.25) is 11.0 Å². The summed E-state index contributed by atoms with van der Waals surface area (Å²) in [5.41, 5.74) is 2.96. The highest BCUT2D eigenvalue weighted by atomic mass is 35.5. The SMILES string of the molecule is O=C(CSc1nnc(Cc2ccccc2)n1-c1ccc(Cl)cc1)Nc1nnc(-c2ccccc2)s1. The van der Waals surface area contributed by atoms with Crippen LogP contribution in [0.1, 0.15) is 11.4 Å². The zero-order valence-corrected chi connectivity index (χ0v) is 20.7. The molecule has 0 atom stereocenters. The minimum Gasteiger partial charge on any atom is -0.300 e. The monoisotopic (exact) mass is 518 g/mol. The second kappa shape index (κ2) is 10.8. The number of anilines is 1. The summed E-state index contributed by atoms with van der Waals surface area (Å²) in [6, 6.07) is 27.3. The Bertz CT molecular complexity index is 1420. The number of nitrogens with one attached hydrogen (secondary N) is 1. The molecule has 174 valence electrons. The van der Waals surface area contributed by atoms with E-state index in [0.29, 0.717) is 21.7 Å². The number of amides is 1. The van der Waals surface area contributed by atoms with Crippen molar-refractivity contribution in [2.45, 2.75) is 11.6 Å².